The molecule has 2 N–H and O–H groups in total. The lowest BCUT2D eigenvalue weighted by Gasteiger charge is -2.30. The fourth-order valence-electron chi connectivity index (χ4n) is 3.56. The summed E-state index contributed by atoms with van der Waals surface area (Å²) in [7, 11) is 3.49. The second kappa shape index (κ2) is 8.65. The molecular weight excluding hydrogens is 316 g/mol. The molecule has 1 aromatic heterocycles. The van der Waals surface area contributed by atoms with Gasteiger partial charge in [0.15, 0.2) is 11.8 Å². The number of nitrogens with zero attached hydrogens (tertiary/aromatic N) is 4. The number of ether oxygens (including phenoxy) is 1. The summed E-state index contributed by atoms with van der Waals surface area (Å²) in [5.74, 6) is 3.36. The zero-order valence-corrected chi connectivity index (χ0v) is 16.6. The Balaban J connectivity index is 1.87. The fourth-order valence-corrected chi connectivity index (χ4v) is 3.56. The smallest absolute Gasteiger partial charge is 0.191 e. The average molecular weight is 351 g/mol. The van der Waals surface area contributed by atoms with Crippen molar-refractivity contribution in [3.8, 4) is 0 Å². The fraction of sp³-hybridized carbons (Fsp3) is 0.833. The summed E-state index contributed by atoms with van der Waals surface area (Å²) in [5, 5.41) is 11.5. The van der Waals surface area contributed by atoms with Crippen molar-refractivity contribution in [2.24, 2.45) is 16.3 Å². The highest BCUT2D eigenvalue weighted by atomic mass is 16.5. The van der Waals surface area contributed by atoms with Crippen molar-refractivity contribution < 1.29 is 4.74 Å². The summed E-state index contributed by atoms with van der Waals surface area (Å²) in [4.78, 5) is 8.91. The van der Waals surface area contributed by atoms with E-state index in [1.165, 1.54) is 6.42 Å². The third-order valence-electron chi connectivity index (χ3n) is 4.44. The van der Waals surface area contributed by atoms with Crippen LogP contribution in [0.2, 0.25) is 0 Å². The number of rotatable bonds is 7. The van der Waals surface area contributed by atoms with Crippen molar-refractivity contribution in [2.75, 3.05) is 20.7 Å². The van der Waals surface area contributed by atoms with Gasteiger partial charge in [-0.15, -0.1) is 0 Å². The first-order valence-corrected chi connectivity index (χ1v) is 9.21. The molecule has 1 aromatic rings. The van der Waals surface area contributed by atoms with E-state index >= 15 is 0 Å². The molecule has 0 saturated carbocycles. The maximum atomic E-state index is 5.12. The predicted molar refractivity (Wildman–Crippen MR) is 101 cm³/mol. The molecule has 0 fully saturated rings. The standard InChI is InChI=1S/C18H34N6O/c1-13(2)9-18(3,4)12-20-17(19-5)21-14-7-8-16-22-15(11-25-6)23-24(16)10-14/h13-14H,7-12H2,1-6H3,(H2,19,20,21). The zero-order chi connectivity index (χ0) is 18.4. The minimum absolute atomic E-state index is 0.243. The van der Waals surface area contributed by atoms with Gasteiger partial charge in [0, 0.05) is 33.2 Å². The van der Waals surface area contributed by atoms with Gasteiger partial charge in [0.05, 0.1) is 6.54 Å². The lowest BCUT2D eigenvalue weighted by Crippen LogP contribution is -2.49. The second-order valence-electron chi connectivity index (χ2n) is 8.13. The van der Waals surface area contributed by atoms with Crippen LogP contribution in [-0.2, 0) is 24.3 Å². The van der Waals surface area contributed by atoms with E-state index in [2.05, 4.69) is 53.4 Å². The van der Waals surface area contributed by atoms with Gasteiger partial charge in [-0.3, -0.25) is 4.99 Å². The van der Waals surface area contributed by atoms with E-state index in [9.17, 15) is 0 Å². The zero-order valence-electron chi connectivity index (χ0n) is 16.6. The third kappa shape index (κ3) is 5.99. The topological polar surface area (TPSA) is 76.4 Å². The molecule has 7 heteroatoms. The monoisotopic (exact) mass is 350 g/mol. The second-order valence-corrected chi connectivity index (χ2v) is 8.13. The molecule has 1 atom stereocenters. The summed E-state index contributed by atoms with van der Waals surface area (Å²) in [6.07, 6.45) is 3.14. The molecule has 7 nitrogen and oxygen atoms in total. The number of hydrogen-bond donors (Lipinski definition) is 2. The van der Waals surface area contributed by atoms with Crippen LogP contribution < -0.4 is 10.6 Å². The quantitative estimate of drug-likeness (QED) is 0.581. The maximum absolute atomic E-state index is 5.12. The number of nitrogens with one attached hydrogen (secondary N) is 2. The van der Waals surface area contributed by atoms with Crippen LogP contribution in [0.3, 0.4) is 0 Å². The maximum Gasteiger partial charge on any atom is 0.191 e. The number of aromatic nitrogens is 3. The van der Waals surface area contributed by atoms with Gasteiger partial charge >= 0.3 is 0 Å². The summed E-state index contributed by atoms with van der Waals surface area (Å²) >= 11 is 0. The normalized spacial score (nSPS) is 18.4. The minimum Gasteiger partial charge on any atom is -0.377 e. The van der Waals surface area contributed by atoms with Gasteiger partial charge in [-0.1, -0.05) is 27.7 Å². The molecular formula is C18H34N6O. The molecule has 2 rings (SSSR count). The lowest BCUT2D eigenvalue weighted by molar-refractivity contribution is 0.177. The first-order valence-electron chi connectivity index (χ1n) is 9.21. The third-order valence-corrected chi connectivity index (χ3v) is 4.44. The molecule has 25 heavy (non-hydrogen) atoms. The van der Waals surface area contributed by atoms with Crippen molar-refractivity contribution in [1.29, 1.82) is 0 Å². The lowest BCUT2D eigenvalue weighted by atomic mass is 9.84. The Morgan fingerprint density at radius 1 is 1.44 bits per heavy atom. The minimum atomic E-state index is 0.243. The molecule has 1 unspecified atom stereocenters. The highest BCUT2D eigenvalue weighted by molar-refractivity contribution is 5.80. The van der Waals surface area contributed by atoms with Crippen molar-refractivity contribution in [1.82, 2.24) is 25.4 Å². The Bertz CT molecular complexity index is 578. The van der Waals surface area contributed by atoms with E-state index in [0.29, 0.717) is 18.6 Å². The molecule has 0 spiro atoms. The number of aliphatic imine (C=N–C) groups is 1. The molecule has 0 aromatic carbocycles. The van der Waals surface area contributed by atoms with E-state index < -0.39 is 0 Å². The van der Waals surface area contributed by atoms with Gasteiger partial charge in [0.1, 0.15) is 12.4 Å². The van der Waals surface area contributed by atoms with E-state index in [1.54, 1.807) is 7.11 Å². The van der Waals surface area contributed by atoms with E-state index in [1.807, 2.05) is 11.7 Å². The molecule has 2 heterocycles. The van der Waals surface area contributed by atoms with Crippen molar-refractivity contribution in [2.45, 2.75) is 66.2 Å². The molecule has 142 valence electrons. The number of aryl methyl sites for hydroxylation is 1. The largest absolute Gasteiger partial charge is 0.377 e. The summed E-state index contributed by atoms with van der Waals surface area (Å²) in [6, 6.07) is 0.309. The Labute approximate surface area is 151 Å². The summed E-state index contributed by atoms with van der Waals surface area (Å²) in [5.41, 5.74) is 0.243. The van der Waals surface area contributed by atoms with E-state index in [4.69, 9.17) is 4.74 Å². The highest BCUT2D eigenvalue weighted by Crippen LogP contribution is 2.24. The SMILES string of the molecule is CN=C(NCC(C)(C)CC(C)C)NC1CCc2nc(COC)nn2C1. The van der Waals surface area contributed by atoms with Crippen molar-refractivity contribution in [3.63, 3.8) is 0 Å². The van der Waals surface area contributed by atoms with Crippen LogP contribution in [0.25, 0.3) is 0 Å². The van der Waals surface area contributed by atoms with Crippen LogP contribution in [0.5, 0.6) is 0 Å². The summed E-state index contributed by atoms with van der Waals surface area (Å²) in [6.45, 7) is 11.3. The Kier molecular flexibility index (Phi) is 6.81. The highest BCUT2D eigenvalue weighted by Gasteiger charge is 2.24. The van der Waals surface area contributed by atoms with Gasteiger partial charge in [-0.05, 0) is 24.2 Å². The molecule has 0 amide bonds. The molecule has 1 aliphatic rings. The van der Waals surface area contributed by atoms with Crippen LogP contribution in [-0.4, -0.2) is 47.5 Å². The van der Waals surface area contributed by atoms with Crippen molar-refractivity contribution in [3.05, 3.63) is 11.6 Å². The molecule has 1 aliphatic heterocycles. The Morgan fingerprint density at radius 3 is 2.84 bits per heavy atom. The number of guanidine groups is 1. The van der Waals surface area contributed by atoms with Gasteiger partial charge in [0.2, 0.25) is 0 Å². The van der Waals surface area contributed by atoms with Crippen LogP contribution in [0, 0.1) is 11.3 Å². The van der Waals surface area contributed by atoms with Gasteiger partial charge in [0.25, 0.3) is 0 Å². The number of fused-ring (bicyclic) bond motifs is 1. The summed E-state index contributed by atoms with van der Waals surface area (Å²) < 4.78 is 7.11. The van der Waals surface area contributed by atoms with Gasteiger partial charge in [-0.25, -0.2) is 9.67 Å². The number of methoxy groups -OCH3 is 1. The van der Waals surface area contributed by atoms with Crippen LogP contribution in [0.4, 0.5) is 0 Å². The first kappa shape index (κ1) is 19.7. The van der Waals surface area contributed by atoms with Crippen LogP contribution >= 0.6 is 0 Å². The molecule has 0 radical (unpaired) electrons. The number of hydrogen-bond acceptors (Lipinski definition) is 4. The van der Waals surface area contributed by atoms with E-state index in [0.717, 1.165) is 43.5 Å². The Hall–Kier alpha value is -1.63. The van der Waals surface area contributed by atoms with Gasteiger partial charge in [-0.2, -0.15) is 5.10 Å². The van der Waals surface area contributed by atoms with E-state index in [-0.39, 0.29) is 5.41 Å². The molecule has 0 saturated heterocycles. The molecule has 0 aliphatic carbocycles. The van der Waals surface area contributed by atoms with Crippen LogP contribution in [0.15, 0.2) is 4.99 Å². The van der Waals surface area contributed by atoms with Crippen LogP contribution in [0.1, 0.15) is 52.2 Å². The van der Waals surface area contributed by atoms with Gasteiger partial charge < -0.3 is 15.4 Å². The average Bonchev–Trinajstić information content (AvgIpc) is 2.92. The predicted octanol–water partition coefficient (Wildman–Crippen LogP) is 1.98. The van der Waals surface area contributed by atoms with Crippen molar-refractivity contribution >= 4 is 5.96 Å². The Morgan fingerprint density at radius 2 is 2.20 bits per heavy atom. The molecule has 0 bridgehead atoms. The first-order chi connectivity index (χ1) is 11.8.